The van der Waals surface area contributed by atoms with Crippen LogP contribution < -0.4 is 5.73 Å². The minimum absolute atomic E-state index is 0.361. The predicted molar refractivity (Wildman–Crippen MR) is 67.3 cm³/mol. The summed E-state index contributed by atoms with van der Waals surface area (Å²) in [6.07, 6.45) is 0.642. The molecule has 102 valence electrons. The van der Waals surface area contributed by atoms with Crippen LogP contribution in [0.2, 0.25) is 0 Å². The van der Waals surface area contributed by atoms with Gasteiger partial charge in [-0.05, 0) is 37.7 Å². The highest BCUT2D eigenvalue weighted by molar-refractivity contribution is 5.21. The molecule has 1 unspecified atom stereocenters. The monoisotopic (exact) mass is 258 g/mol. The number of methoxy groups -OCH3 is 1. The maximum atomic E-state index is 13.0. The first-order chi connectivity index (χ1) is 8.52. The molecule has 1 aromatic carbocycles. The number of hydrogen-bond acceptors (Lipinski definition) is 3. The minimum Gasteiger partial charge on any atom is -0.383 e. The van der Waals surface area contributed by atoms with Gasteiger partial charge in [0.05, 0.1) is 6.61 Å². The van der Waals surface area contributed by atoms with Crippen molar-refractivity contribution in [2.24, 2.45) is 5.73 Å². The van der Waals surface area contributed by atoms with E-state index in [4.69, 9.17) is 10.5 Å². The van der Waals surface area contributed by atoms with E-state index in [0.717, 1.165) is 19.2 Å². The van der Waals surface area contributed by atoms with Crippen molar-refractivity contribution in [3.63, 3.8) is 0 Å². The summed E-state index contributed by atoms with van der Waals surface area (Å²) in [6.45, 7) is 2.21. The van der Waals surface area contributed by atoms with Crippen LogP contribution in [0.15, 0.2) is 18.2 Å². The van der Waals surface area contributed by atoms with Crippen LogP contribution in [0.3, 0.4) is 0 Å². The number of hydrogen-bond donors (Lipinski definition) is 1. The lowest BCUT2D eigenvalue weighted by molar-refractivity contribution is 0.159. The molecule has 1 aromatic rings. The van der Waals surface area contributed by atoms with E-state index in [1.807, 2.05) is 7.05 Å². The summed E-state index contributed by atoms with van der Waals surface area (Å²) in [6, 6.07) is 3.05. The fraction of sp³-hybridized carbons (Fsp3) is 0.538. The zero-order valence-corrected chi connectivity index (χ0v) is 10.8. The number of benzene rings is 1. The van der Waals surface area contributed by atoms with Gasteiger partial charge in [-0.25, -0.2) is 8.78 Å². The third-order valence-electron chi connectivity index (χ3n) is 2.81. The van der Waals surface area contributed by atoms with Crippen LogP contribution in [0.1, 0.15) is 18.0 Å². The number of nitrogens with zero attached hydrogens (tertiary/aromatic N) is 1. The summed E-state index contributed by atoms with van der Waals surface area (Å²) in [5.41, 5.74) is 6.41. The van der Waals surface area contributed by atoms with E-state index in [0.29, 0.717) is 18.6 Å². The summed E-state index contributed by atoms with van der Waals surface area (Å²) in [5, 5.41) is 0. The van der Waals surface area contributed by atoms with Gasteiger partial charge in [0, 0.05) is 25.8 Å². The molecule has 0 saturated heterocycles. The van der Waals surface area contributed by atoms with E-state index < -0.39 is 11.6 Å². The summed E-state index contributed by atoms with van der Waals surface area (Å²) in [5.74, 6) is -1.18. The lowest BCUT2D eigenvalue weighted by Gasteiger charge is -2.19. The molecule has 5 heteroatoms. The molecule has 0 heterocycles. The fourth-order valence-corrected chi connectivity index (χ4v) is 1.67. The highest BCUT2D eigenvalue weighted by Gasteiger charge is 2.10. The fourth-order valence-electron chi connectivity index (χ4n) is 1.67. The Balaban J connectivity index is 2.47. The van der Waals surface area contributed by atoms with Gasteiger partial charge in [0.2, 0.25) is 0 Å². The Morgan fingerprint density at radius 3 is 2.39 bits per heavy atom. The number of halogens is 2. The molecule has 0 radical (unpaired) electrons. The third kappa shape index (κ3) is 5.08. The van der Waals surface area contributed by atoms with Gasteiger partial charge in [-0.1, -0.05) is 0 Å². The Morgan fingerprint density at radius 2 is 1.83 bits per heavy atom. The van der Waals surface area contributed by atoms with Crippen LogP contribution in [0, 0.1) is 11.6 Å². The molecule has 0 aromatic heterocycles. The van der Waals surface area contributed by atoms with Crippen molar-refractivity contribution in [2.45, 2.75) is 12.5 Å². The first-order valence-corrected chi connectivity index (χ1v) is 5.92. The quantitative estimate of drug-likeness (QED) is 0.812. The average Bonchev–Trinajstić information content (AvgIpc) is 2.32. The SMILES string of the molecule is COCCN(C)CCC(N)c1cc(F)cc(F)c1. The van der Waals surface area contributed by atoms with E-state index in [2.05, 4.69) is 4.90 Å². The molecular formula is C13H20F2N2O. The summed E-state index contributed by atoms with van der Waals surface area (Å²) >= 11 is 0. The minimum atomic E-state index is -0.590. The van der Waals surface area contributed by atoms with E-state index in [-0.39, 0.29) is 6.04 Å². The molecule has 1 atom stereocenters. The Kier molecular flexibility index (Phi) is 6.18. The molecule has 0 aliphatic heterocycles. The molecule has 18 heavy (non-hydrogen) atoms. The van der Waals surface area contributed by atoms with Crippen molar-refractivity contribution in [1.29, 1.82) is 0 Å². The van der Waals surface area contributed by atoms with Gasteiger partial charge >= 0.3 is 0 Å². The van der Waals surface area contributed by atoms with E-state index in [1.54, 1.807) is 7.11 Å². The highest BCUT2D eigenvalue weighted by atomic mass is 19.1. The second kappa shape index (κ2) is 7.41. The Labute approximate surface area is 107 Å². The molecule has 0 spiro atoms. The molecule has 0 aliphatic carbocycles. The van der Waals surface area contributed by atoms with Gasteiger partial charge in [0.25, 0.3) is 0 Å². The van der Waals surface area contributed by atoms with E-state index in [9.17, 15) is 8.78 Å². The van der Waals surface area contributed by atoms with Crippen molar-refractivity contribution in [1.82, 2.24) is 4.90 Å². The van der Waals surface area contributed by atoms with Crippen molar-refractivity contribution in [3.8, 4) is 0 Å². The second-order valence-corrected chi connectivity index (χ2v) is 4.39. The van der Waals surface area contributed by atoms with Gasteiger partial charge in [0.1, 0.15) is 11.6 Å². The molecular weight excluding hydrogens is 238 g/mol. The molecule has 0 aliphatic rings. The van der Waals surface area contributed by atoms with Gasteiger partial charge in [-0.3, -0.25) is 0 Å². The highest BCUT2D eigenvalue weighted by Crippen LogP contribution is 2.17. The second-order valence-electron chi connectivity index (χ2n) is 4.39. The molecule has 1 rings (SSSR count). The largest absolute Gasteiger partial charge is 0.383 e. The molecule has 0 saturated carbocycles. The maximum absolute atomic E-state index is 13.0. The lowest BCUT2D eigenvalue weighted by atomic mass is 10.0. The van der Waals surface area contributed by atoms with Gasteiger partial charge in [-0.2, -0.15) is 0 Å². The molecule has 0 bridgehead atoms. The van der Waals surface area contributed by atoms with Crippen molar-refractivity contribution in [2.75, 3.05) is 33.9 Å². The van der Waals surface area contributed by atoms with Crippen LogP contribution >= 0.6 is 0 Å². The van der Waals surface area contributed by atoms with Crippen LogP contribution in [0.25, 0.3) is 0 Å². The van der Waals surface area contributed by atoms with Crippen LogP contribution in [0.5, 0.6) is 0 Å². The Morgan fingerprint density at radius 1 is 1.22 bits per heavy atom. The summed E-state index contributed by atoms with van der Waals surface area (Å²) in [7, 11) is 3.60. The van der Waals surface area contributed by atoms with Crippen LogP contribution in [0.4, 0.5) is 8.78 Å². The zero-order valence-electron chi connectivity index (χ0n) is 10.8. The maximum Gasteiger partial charge on any atom is 0.126 e. The molecule has 0 amide bonds. The van der Waals surface area contributed by atoms with Crippen molar-refractivity contribution >= 4 is 0 Å². The molecule has 0 fully saturated rings. The summed E-state index contributed by atoms with van der Waals surface area (Å²) in [4.78, 5) is 2.07. The van der Waals surface area contributed by atoms with E-state index >= 15 is 0 Å². The standard InChI is InChI=1S/C13H20F2N2O/c1-17(5-6-18-2)4-3-13(16)10-7-11(14)9-12(15)8-10/h7-9,13H,3-6,16H2,1-2H3. The Hall–Kier alpha value is -1.04. The summed E-state index contributed by atoms with van der Waals surface area (Å²) < 4.78 is 31.0. The average molecular weight is 258 g/mol. The topological polar surface area (TPSA) is 38.5 Å². The molecule has 2 N–H and O–H groups in total. The van der Waals surface area contributed by atoms with Crippen LogP contribution in [-0.4, -0.2) is 38.8 Å². The van der Waals surface area contributed by atoms with Crippen LogP contribution in [-0.2, 0) is 4.74 Å². The van der Waals surface area contributed by atoms with Gasteiger partial charge < -0.3 is 15.4 Å². The molecule has 3 nitrogen and oxygen atoms in total. The van der Waals surface area contributed by atoms with E-state index in [1.165, 1.54) is 12.1 Å². The predicted octanol–water partition coefficient (Wildman–Crippen LogP) is 1.93. The van der Waals surface area contributed by atoms with Crippen molar-refractivity contribution < 1.29 is 13.5 Å². The first kappa shape index (κ1) is 15.0. The number of ether oxygens (including phenoxy) is 1. The first-order valence-electron chi connectivity index (χ1n) is 5.92. The smallest absolute Gasteiger partial charge is 0.126 e. The number of likely N-dealkylation sites (N-methyl/N-ethyl adjacent to an activating group) is 1. The van der Waals surface area contributed by atoms with Crippen molar-refractivity contribution in [3.05, 3.63) is 35.4 Å². The number of rotatable bonds is 7. The lowest BCUT2D eigenvalue weighted by Crippen LogP contribution is -2.26. The van der Waals surface area contributed by atoms with Gasteiger partial charge in [-0.15, -0.1) is 0 Å². The Bertz CT molecular complexity index is 354. The normalized spacial score (nSPS) is 13.0. The third-order valence-corrected chi connectivity index (χ3v) is 2.81. The number of nitrogens with two attached hydrogens (primary N) is 1. The van der Waals surface area contributed by atoms with Gasteiger partial charge in [0.15, 0.2) is 0 Å². The zero-order chi connectivity index (χ0) is 13.5.